The van der Waals surface area contributed by atoms with Crippen LogP contribution in [-0.4, -0.2) is 46.2 Å². The summed E-state index contributed by atoms with van der Waals surface area (Å²) in [6.45, 7) is 1.43. The third kappa shape index (κ3) is 5.12. The molecule has 3 amide bonds. The molecule has 154 valence electrons. The molecule has 0 bridgehead atoms. The first-order valence-electron chi connectivity index (χ1n) is 10.4. The van der Waals surface area contributed by atoms with E-state index in [1.165, 1.54) is 30.6 Å². The van der Waals surface area contributed by atoms with Crippen LogP contribution in [0.5, 0.6) is 0 Å². The van der Waals surface area contributed by atoms with Crippen LogP contribution in [0, 0.1) is 0 Å². The Morgan fingerprint density at radius 1 is 0.966 bits per heavy atom. The normalized spacial score (nSPS) is 18.4. The molecular formula is C21H27N5O2S. The molecule has 0 unspecified atom stereocenters. The monoisotopic (exact) mass is 413 g/mol. The number of likely N-dealkylation sites (tertiary alicyclic amines) is 1. The number of rotatable bonds is 4. The number of hydrogen-bond acceptors (Lipinski definition) is 5. The number of nitrogens with zero attached hydrogens (tertiary/aromatic N) is 3. The lowest BCUT2D eigenvalue weighted by Crippen LogP contribution is -2.48. The molecule has 2 fully saturated rings. The zero-order chi connectivity index (χ0) is 20.1. The fourth-order valence-corrected chi connectivity index (χ4v) is 4.95. The predicted octanol–water partition coefficient (Wildman–Crippen LogP) is 4.01. The van der Waals surface area contributed by atoms with E-state index in [1.807, 2.05) is 35.2 Å². The molecular weight excluding hydrogens is 386 g/mol. The van der Waals surface area contributed by atoms with Crippen molar-refractivity contribution in [2.75, 3.05) is 18.4 Å². The van der Waals surface area contributed by atoms with Gasteiger partial charge in [-0.15, -0.1) is 10.2 Å². The van der Waals surface area contributed by atoms with E-state index in [0.29, 0.717) is 24.1 Å². The molecule has 7 nitrogen and oxygen atoms in total. The smallest absolute Gasteiger partial charge is 0.317 e. The van der Waals surface area contributed by atoms with Crippen molar-refractivity contribution in [3.63, 3.8) is 0 Å². The summed E-state index contributed by atoms with van der Waals surface area (Å²) in [5, 5.41) is 15.6. The molecule has 8 heteroatoms. The van der Waals surface area contributed by atoms with Gasteiger partial charge in [0.15, 0.2) is 0 Å². The number of urea groups is 1. The summed E-state index contributed by atoms with van der Waals surface area (Å²) in [5.74, 6) is 0.0220. The summed E-state index contributed by atoms with van der Waals surface area (Å²) in [5.41, 5.74) is 0.742. The van der Waals surface area contributed by atoms with Gasteiger partial charge in [-0.05, 0) is 37.8 Å². The maximum atomic E-state index is 12.5. The van der Waals surface area contributed by atoms with Gasteiger partial charge in [0.1, 0.15) is 5.01 Å². The number of piperidine rings is 1. The first-order valence-corrected chi connectivity index (χ1v) is 11.3. The number of carbonyl (C=O) groups is 2. The van der Waals surface area contributed by atoms with Gasteiger partial charge in [0.05, 0.1) is 0 Å². The highest BCUT2D eigenvalue weighted by molar-refractivity contribution is 7.13. The number of aromatic nitrogens is 2. The number of nitrogens with one attached hydrogen (secondary N) is 2. The molecule has 29 heavy (non-hydrogen) atoms. The van der Waals surface area contributed by atoms with Crippen LogP contribution in [0.25, 0.3) is 0 Å². The number of hydrogen-bond donors (Lipinski definition) is 2. The van der Waals surface area contributed by atoms with E-state index in [-0.39, 0.29) is 17.9 Å². The molecule has 2 heterocycles. The Hall–Kier alpha value is -2.48. The summed E-state index contributed by atoms with van der Waals surface area (Å²) < 4.78 is 0. The van der Waals surface area contributed by atoms with Crippen LogP contribution in [0.15, 0.2) is 30.3 Å². The molecule has 1 aromatic carbocycles. The van der Waals surface area contributed by atoms with Gasteiger partial charge in [0, 0.05) is 30.7 Å². The van der Waals surface area contributed by atoms with Crippen LogP contribution in [-0.2, 0) is 0 Å². The van der Waals surface area contributed by atoms with E-state index in [2.05, 4.69) is 20.8 Å². The standard InChI is InChI=1S/C21H27N5O2S/c27-18(22-16-7-3-1-4-8-16)20-25-24-19(29-20)15-11-13-26(14-12-15)21(28)23-17-9-5-2-6-10-17/h1,3-4,7-8,15,17H,2,5-6,9-14H2,(H,22,27)(H,23,28). The Morgan fingerprint density at radius 3 is 2.41 bits per heavy atom. The van der Waals surface area contributed by atoms with Crippen molar-refractivity contribution < 1.29 is 9.59 Å². The number of anilines is 1. The molecule has 1 saturated heterocycles. The molecule has 1 aliphatic heterocycles. The van der Waals surface area contributed by atoms with E-state index in [4.69, 9.17) is 0 Å². The lowest BCUT2D eigenvalue weighted by Gasteiger charge is -2.33. The fraction of sp³-hybridized carbons (Fsp3) is 0.524. The van der Waals surface area contributed by atoms with Gasteiger partial charge < -0.3 is 15.5 Å². The fourth-order valence-electron chi connectivity index (χ4n) is 4.04. The molecule has 2 aromatic rings. The number of para-hydroxylation sites is 1. The third-order valence-corrected chi connectivity index (χ3v) is 6.82. The summed E-state index contributed by atoms with van der Waals surface area (Å²) in [6, 6.07) is 9.74. The second-order valence-electron chi connectivity index (χ2n) is 7.81. The summed E-state index contributed by atoms with van der Waals surface area (Å²) in [4.78, 5) is 26.8. The highest BCUT2D eigenvalue weighted by Gasteiger charge is 2.28. The highest BCUT2D eigenvalue weighted by atomic mass is 32.1. The molecule has 2 N–H and O–H groups in total. The Kier molecular flexibility index (Phi) is 6.39. The average molecular weight is 414 g/mol. The largest absolute Gasteiger partial charge is 0.335 e. The molecule has 0 atom stereocenters. The van der Waals surface area contributed by atoms with E-state index >= 15 is 0 Å². The van der Waals surface area contributed by atoms with Crippen molar-refractivity contribution in [3.8, 4) is 0 Å². The molecule has 1 saturated carbocycles. The first-order chi connectivity index (χ1) is 14.2. The molecule has 4 rings (SSSR count). The number of amides is 3. The lowest BCUT2D eigenvalue weighted by molar-refractivity contribution is 0.102. The van der Waals surface area contributed by atoms with Gasteiger partial charge in [0.2, 0.25) is 5.01 Å². The third-order valence-electron chi connectivity index (χ3n) is 5.73. The van der Waals surface area contributed by atoms with Crippen LogP contribution in [0.3, 0.4) is 0 Å². The van der Waals surface area contributed by atoms with Gasteiger partial charge in [0.25, 0.3) is 5.91 Å². The maximum absolute atomic E-state index is 12.5. The second kappa shape index (κ2) is 9.35. The average Bonchev–Trinajstić information content (AvgIpc) is 3.26. The molecule has 1 aliphatic carbocycles. The zero-order valence-electron chi connectivity index (χ0n) is 16.5. The summed E-state index contributed by atoms with van der Waals surface area (Å²) in [7, 11) is 0. The number of carbonyl (C=O) groups excluding carboxylic acids is 2. The van der Waals surface area contributed by atoms with E-state index in [9.17, 15) is 9.59 Å². The quantitative estimate of drug-likeness (QED) is 0.793. The van der Waals surface area contributed by atoms with Crippen LogP contribution in [0.1, 0.15) is 65.7 Å². The van der Waals surface area contributed by atoms with E-state index in [0.717, 1.165) is 36.4 Å². The molecule has 0 spiro atoms. The van der Waals surface area contributed by atoms with Crippen molar-refractivity contribution in [1.82, 2.24) is 20.4 Å². The Labute approximate surface area is 174 Å². The van der Waals surface area contributed by atoms with Crippen molar-refractivity contribution in [3.05, 3.63) is 40.3 Å². The van der Waals surface area contributed by atoms with Crippen LogP contribution in [0.4, 0.5) is 10.5 Å². The Morgan fingerprint density at radius 2 is 1.69 bits per heavy atom. The van der Waals surface area contributed by atoms with Gasteiger partial charge in [-0.3, -0.25) is 4.79 Å². The van der Waals surface area contributed by atoms with Crippen LogP contribution >= 0.6 is 11.3 Å². The SMILES string of the molecule is O=C(Nc1ccccc1)c1nnc(C2CCN(C(=O)NC3CCCCC3)CC2)s1. The topological polar surface area (TPSA) is 87.2 Å². The lowest BCUT2D eigenvalue weighted by atomic mass is 9.95. The van der Waals surface area contributed by atoms with Gasteiger partial charge in [-0.2, -0.15) is 0 Å². The van der Waals surface area contributed by atoms with Crippen LogP contribution < -0.4 is 10.6 Å². The van der Waals surface area contributed by atoms with E-state index < -0.39 is 0 Å². The van der Waals surface area contributed by atoms with Crippen molar-refractivity contribution in [2.24, 2.45) is 0 Å². The van der Waals surface area contributed by atoms with Crippen LogP contribution in [0.2, 0.25) is 0 Å². The minimum Gasteiger partial charge on any atom is -0.335 e. The Bertz CT molecular complexity index is 827. The maximum Gasteiger partial charge on any atom is 0.317 e. The molecule has 2 aliphatic rings. The van der Waals surface area contributed by atoms with Crippen molar-refractivity contribution in [1.29, 1.82) is 0 Å². The van der Waals surface area contributed by atoms with Gasteiger partial charge >= 0.3 is 6.03 Å². The van der Waals surface area contributed by atoms with Crippen molar-refractivity contribution >= 4 is 29.0 Å². The molecule has 0 radical (unpaired) electrons. The minimum absolute atomic E-state index is 0.0653. The molecule has 1 aromatic heterocycles. The number of benzene rings is 1. The Balaban J connectivity index is 1.27. The van der Waals surface area contributed by atoms with Crippen molar-refractivity contribution in [2.45, 2.75) is 56.9 Å². The van der Waals surface area contributed by atoms with E-state index in [1.54, 1.807) is 0 Å². The first kappa shape index (κ1) is 19.8. The van der Waals surface area contributed by atoms with Gasteiger partial charge in [-0.25, -0.2) is 4.79 Å². The minimum atomic E-state index is -0.232. The second-order valence-corrected chi connectivity index (χ2v) is 8.82. The highest BCUT2D eigenvalue weighted by Crippen LogP contribution is 2.30. The van der Waals surface area contributed by atoms with Gasteiger partial charge in [-0.1, -0.05) is 48.8 Å². The summed E-state index contributed by atoms with van der Waals surface area (Å²) in [6.07, 6.45) is 7.61. The predicted molar refractivity (Wildman–Crippen MR) is 113 cm³/mol. The summed E-state index contributed by atoms with van der Waals surface area (Å²) >= 11 is 1.35. The zero-order valence-corrected chi connectivity index (χ0v) is 17.3.